The molecule has 5 heteroatoms. The lowest BCUT2D eigenvalue weighted by molar-refractivity contribution is -0.150. The van der Waals surface area contributed by atoms with E-state index in [1.54, 1.807) is 6.20 Å². The van der Waals surface area contributed by atoms with Crippen LogP contribution < -0.4 is 4.90 Å². The van der Waals surface area contributed by atoms with Gasteiger partial charge in [0.15, 0.2) is 0 Å². The first-order valence-electron chi connectivity index (χ1n) is 12.2. The van der Waals surface area contributed by atoms with Crippen LogP contribution in [-0.4, -0.2) is 34.8 Å². The lowest BCUT2D eigenvalue weighted by atomic mass is 9.63. The van der Waals surface area contributed by atoms with Gasteiger partial charge < -0.3 is 9.80 Å². The summed E-state index contributed by atoms with van der Waals surface area (Å²) in [5.41, 5.74) is 2.36. The molecule has 2 saturated heterocycles. The number of nitrogens with zero attached hydrogens (tertiary/aromatic N) is 3. The number of β-lactam (4-membered cyclic amide) rings is 1. The lowest BCUT2D eigenvalue weighted by Crippen LogP contribution is -2.67. The summed E-state index contributed by atoms with van der Waals surface area (Å²) in [6.07, 6.45) is 3.10. The topological polar surface area (TPSA) is 53.5 Å². The number of rotatable bonds is 5. The van der Waals surface area contributed by atoms with Gasteiger partial charge in [0, 0.05) is 25.0 Å². The van der Waals surface area contributed by atoms with Crippen molar-refractivity contribution < 1.29 is 9.59 Å². The molecule has 5 nitrogen and oxygen atoms in total. The van der Waals surface area contributed by atoms with Crippen molar-refractivity contribution in [1.29, 1.82) is 0 Å². The Bertz CT molecular complexity index is 1140. The molecule has 34 heavy (non-hydrogen) atoms. The van der Waals surface area contributed by atoms with Crippen LogP contribution in [0, 0.1) is 11.3 Å². The Morgan fingerprint density at radius 2 is 1.53 bits per heavy atom. The van der Waals surface area contributed by atoms with Crippen molar-refractivity contribution in [2.45, 2.75) is 38.6 Å². The standard InChI is InChI=1S/C29H31N3O2/c1-21(2)25(22-11-5-3-6-12-22)27(33)31-19-16-29(17-20-31)26(24-15-9-10-18-30-24)32(28(29)34)23-13-7-4-8-14-23/h3-15,18,21,25-26H,16-17,19-20H2,1-2H3. The van der Waals surface area contributed by atoms with Crippen molar-refractivity contribution in [3.05, 3.63) is 96.3 Å². The molecule has 2 unspecified atom stereocenters. The summed E-state index contributed by atoms with van der Waals surface area (Å²) in [6.45, 7) is 5.38. The number of hydrogen-bond donors (Lipinski definition) is 0. The lowest BCUT2D eigenvalue weighted by Gasteiger charge is -2.58. The molecule has 2 amide bonds. The first kappa shape index (κ1) is 22.3. The molecule has 3 heterocycles. The molecule has 2 fully saturated rings. The van der Waals surface area contributed by atoms with Crippen LogP contribution in [0.5, 0.6) is 0 Å². The Labute approximate surface area is 201 Å². The molecule has 3 aromatic rings. The molecule has 0 radical (unpaired) electrons. The molecule has 2 aliphatic heterocycles. The van der Waals surface area contributed by atoms with Gasteiger partial charge >= 0.3 is 0 Å². The van der Waals surface area contributed by atoms with Gasteiger partial charge in [0.05, 0.1) is 23.1 Å². The summed E-state index contributed by atoms with van der Waals surface area (Å²) >= 11 is 0. The maximum Gasteiger partial charge on any atom is 0.236 e. The zero-order chi connectivity index (χ0) is 23.7. The molecule has 0 saturated carbocycles. The molecule has 174 valence electrons. The smallest absolute Gasteiger partial charge is 0.236 e. The highest BCUT2D eigenvalue weighted by Gasteiger charge is 2.62. The molecular weight excluding hydrogens is 422 g/mol. The molecule has 0 bridgehead atoms. The second kappa shape index (κ2) is 9.05. The zero-order valence-corrected chi connectivity index (χ0v) is 19.8. The number of aromatic nitrogens is 1. The number of carbonyl (C=O) groups excluding carboxylic acids is 2. The zero-order valence-electron chi connectivity index (χ0n) is 19.8. The van der Waals surface area contributed by atoms with Crippen LogP contribution in [0.4, 0.5) is 5.69 Å². The highest BCUT2D eigenvalue weighted by Crippen LogP contribution is 2.57. The van der Waals surface area contributed by atoms with Crippen LogP contribution in [0.3, 0.4) is 0 Å². The Kier molecular flexibility index (Phi) is 5.94. The van der Waals surface area contributed by atoms with E-state index < -0.39 is 5.41 Å². The van der Waals surface area contributed by atoms with Crippen molar-refractivity contribution in [1.82, 2.24) is 9.88 Å². The number of anilines is 1. The maximum absolute atomic E-state index is 13.7. The highest BCUT2D eigenvalue weighted by atomic mass is 16.2. The summed E-state index contributed by atoms with van der Waals surface area (Å²) < 4.78 is 0. The van der Waals surface area contributed by atoms with E-state index in [2.05, 4.69) is 18.8 Å². The average Bonchev–Trinajstić information content (AvgIpc) is 2.88. The largest absolute Gasteiger partial charge is 0.342 e. The number of likely N-dealkylation sites (tertiary alicyclic amines) is 1. The normalized spacial score (nSPS) is 20.3. The Balaban J connectivity index is 1.39. The fraction of sp³-hybridized carbons (Fsp3) is 0.345. The van der Waals surface area contributed by atoms with E-state index in [1.165, 1.54) is 0 Å². The summed E-state index contributed by atoms with van der Waals surface area (Å²) in [6, 6.07) is 25.7. The third-order valence-electron chi connectivity index (χ3n) is 7.49. The quantitative estimate of drug-likeness (QED) is 0.498. The van der Waals surface area contributed by atoms with Gasteiger partial charge in [-0.1, -0.05) is 68.4 Å². The summed E-state index contributed by atoms with van der Waals surface area (Å²) in [4.78, 5) is 35.7. The molecule has 1 aromatic heterocycles. The molecule has 2 aliphatic rings. The molecule has 2 atom stereocenters. The van der Waals surface area contributed by atoms with Crippen LogP contribution in [0.2, 0.25) is 0 Å². The minimum absolute atomic E-state index is 0.115. The fourth-order valence-electron chi connectivity index (χ4n) is 5.75. The number of piperidine rings is 1. The first-order valence-corrected chi connectivity index (χ1v) is 12.2. The van der Waals surface area contributed by atoms with E-state index in [-0.39, 0.29) is 29.7 Å². The number of pyridine rings is 1. The number of amides is 2. The second-order valence-electron chi connectivity index (χ2n) is 9.78. The van der Waals surface area contributed by atoms with Crippen molar-refractivity contribution >= 4 is 17.5 Å². The van der Waals surface area contributed by atoms with Gasteiger partial charge in [-0.3, -0.25) is 14.6 Å². The molecule has 5 rings (SSSR count). The van der Waals surface area contributed by atoms with Crippen LogP contribution in [-0.2, 0) is 9.59 Å². The first-order chi connectivity index (χ1) is 16.5. The Morgan fingerprint density at radius 3 is 2.12 bits per heavy atom. The van der Waals surface area contributed by atoms with Crippen molar-refractivity contribution in [3.8, 4) is 0 Å². The minimum atomic E-state index is -0.513. The monoisotopic (exact) mass is 453 g/mol. The number of carbonyl (C=O) groups is 2. The van der Waals surface area contributed by atoms with Crippen LogP contribution >= 0.6 is 0 Å². The fourth-order valence-corrected chi connectivity index (χ4v) is 5.75. The van der Waals surface area contributed by atoms with E-state index in [1.807, 2.05) is 88.7 Å². The Morgan fingerprint density at radius 1 is 0.912 bits per heavy atom. The van der Waals surface area contributed by atoms with Crippen molar-refractivity contribution in [2.75, 3.05) is 18.0 Å². The van der Waals surface area contributed by atoms with Gasteiger partial charge in [-0.25, -0.2) is 0 Å². The summed E-state index contributed by atoms with van der Waals surface area (Å²) in [7, 11) is 0. The maximum atomic E-state index is 13.7. The highest BCUT2D eigenvalue weighted by molar-refractivity contribution is 6.06. The van der Waals surface area contributed by atoms with Crippen LogP contribution in [0.25, 0.3) is 0 Å². The van der Waals surface area contributed by atoms with Gasteiger partial charge in [-0.05, 0) is 48.6 Å². The number of hydrogen-bond acceptors (Lipinski definition) is 3. The average molecular weight is 454 g/mol. The van der Waals surface area contributed by atoms with Crippen LogP contribution in [0.15, 0.2) is 85.1 Å². The third-order valence-corrected chi connectivity index (χ3v) is 7.49. The Hall–Kier alpha value is -3.47. The summed E-state index contributed by atoms with van der Waals surface area (Å²) in [5.74, 6) is 0.341. The third kappa shape index (κ3) is 3.69. The van der Waals surface area contributed by atoms with E-state index in [4.69, 9.17) is 0 Å². The molecule has 1 spiro atoms. The van der Waals surface area contributed by atoms with E-state index in [0.29, 0.717) is 25.9 Å². The van der Waals surface area contributed by atoms with E-state index in [0.717, 1.165) is 16.9 Å². The number of para-hydroxylation sites is 1. The second-order valence-corrected chi connectivity index (χ2v) is 9.78. The van der Waals surface area contributed by atoms with Crippen molar-refractivity contribution in [3.63, 3.8) is 0 Å². The van der Waals surface area contributed by atoms with Gasteiger partial charge in [-0.2, -0.15) is 0 Å². The van der Waals surface area contributed by atoms with Gasteiger partial charge in [0.1, 0.15) is 0 Å². The van der Waals surface area contributed by atoms with Crippen molar-refractivity contribution in [2.24, 2.45) is 11.3 Å². The molecule has 0 N–H and O–H groups in total. The van der Waals surface area contributed by atoms with E-state index in [9.17, 15) is 9.59 Å². The van der Waals surface area contributed by atoms with E-state index >= 15 is 0 Å². The number of benzene rings is 2. The predicted molar refractivity (Wildman–Crippen MR) is 133 cm³/mol. The SMILES string of the molecule is CC(C)C(C(=O)N1CCC2(CC1)C(=O)N(c1ccccc1)C2c1ccccn1)c1ccccc1. The molecule has 2 aromatic carbocycles. The van der Waals surface area contributed by atoms with Crippen LogP contribution in [0.1, 0.15) is 49.9 Å². The van der Waals surface area contributed by atoms with Gasteiger partial charge in [0.25, 0.3) is 0 Å². The molecule has 0 aliphatic carbocycles. The molecular formula is C29H31N3O2. The minimum Gasteiger partial charge on any atom is -0.342 e. The summed E-state index contributed by atoms with van der Waals surface area (Å²) in [5, 5.41) is 0. The van der Waals surface area contributed by atoms with Gasteiger partial charge in [0.2, 0.25) is 11.8 Å². The van der Waals surface area contributed by atoms with Gasteiger partial charge in [-0.15, -0.1) is 0 Å². The predicted octanol–water partition coefficient (Wildman–Crippen LogP) is 5.22.